The van der Waals surface area contributed by atoms with Gasteiger partial charge in [-0.05, 0) is 19.1 Å². The summed E-state index contributed by atoms with van der Waals surface area (Å²) >= 11 is 1.43. The highest BCUT2D eigenvalue weighted by Gasteiger charge is 2.21. The molecule has 0 fully saturated rings. The van der Waals surface area contributed by atoms with Crippen molar-refractivity contribution < 1.29 is 5.11 Å². The summed E-state index contributed by atoms with van der Waals surface area (Å²) in [7, 11) is 1.49. The summed E-state index contributed by atoms with van der Waals surface area (Å²) < 4.78 is 0. The van der Waals surface area contributed by atoms with Crippen molar-refractivity contribution in [1.29, 1.82) is 0 Å². The van der Waals surface area contributed by atoms with Crippen molar-refractivity contribution in [1.82, 2.24) is 0 Å². The molecule has 5 heteroatoms. The third-order valence-electron chi connectivity index (χ3n) is 2.97. The molecule has 21 heavy (non-hydrogen) atoms. The molecule has 2 aromatic rings. The minimum absolute atomic E-state index is 0.0209. The average molecular weight is 300 g/mol. The molecule has 108 valence electrons. The maximum absolute atomic E-state index is 11.9. The number of rotatable bonds is 5. The van der Waals surface area contributed by atoms with E-state index in [9.17, 15) is 9.90 Å². The summed E-state index contributed by atoms with van der Waals surface area (Å²) in [5.74, 6) is -0.0209. The van der Waals surface area contributed by atoms with Gasteiger partial charge in [0, 0.05) is 35.1 Å². The van der Waals surface area contributed by atoms with Crippen molar-refractivity contribution in [3.63, 3.8) is 0 Å². The number of aromatic hydroxyl groups is 1. The summed E-state index contributed by atoms with van der Waals surface area (Å²) in [6.45, 7) is 6.36. The van der Waals surface area contributed by atoms with E-state index in [1.54, 1.807) is 12.3 Å². The zero-order chi connectivity index (χ0) is 15.4. The van der Waals surface area contributed by atoms with Crippen LogP contribution in [0, 0.1) is 0 Å². The van der Waals surface area contributed by atoms with Gasteiger partial charge >= 0.3 is 0 Å². The van der Waals surface area contributed by atoms with E-state index >= 15 is 0 Å². The van der Waals surface area contributed by atoms with Gasteiger partial charge in [-0.25, -0.2) is 0 Å². The highest BCUT2D eigenvalue weighted by Crippen LogP contribution is 2.33. The monoisotopic (exact) mass is 300 g/mol. The van der Waals surface area contributed by atoms with E-state index in [4.69, 9.17) is 0 Å². The molecule has 1 aromatic carbocycles. The minimum Gasteiger partial charge on any atom is -0.505 e. The quantitative estimate of drug-likeness (QED) is 0.681. The molecule has 2 rings (SSSR count). The number of nitrogens with zero attached hydrogens (tertiary/aromatic N) is 2. The summed E-state index contributed by atoms with van der Waals surface area (Å²) in [6, 6.07) is 3.73. The molecule has 0 aliphatic heterocycles. The van der Waals surface area contributed by atoms with E-state index < -0.39 is 0 Å². The molecule has 0 radical (unpaired) electrons. The van der Waals surface area contributed by atoms with Crippen molar-refractivity contribution in [3.8, 4) is 16.2 Å². The largest absolute Gasteiger partial charge is 0.505 e. The first kappa shape index (κ1) is 15.1. The van der Waals surface area contributed by atoms with Crippen LogP contribution in [-0.4, -0.2) is 24.9 Å². The lowest BCUT2D eigenvalue weighted by Gasteiger charge is -2.04. The Kier molecular flexibility index (Phi) is 4.65. The first-order valence-corrected chi connectivity index (χ1v) is 7.33. The fraction of sp³-hybridized carbons (Fsp3) is 0.188. The van der Waals surface area contributed by atoms with Crippen LogP contribution in [0.3, 0.4) is 0 Å². The molecule has 0 aliphatic carbocycles. The van der Waals surface area contributed by atoms with Crippen LogP contribution in [0.2, 0.25) is 0 Å². The standard InChI is InChI=1S/C16H16N2O2S/c1-4-6-10(9-18-5-2)11-7-8-12(21-11)13-15(19)14(17-3)16(13)20/h4,6-9,19H,1,5H2,2-3H3/b10-6+,17-14-,18-9-. The molecule has 0 bridgehead atoms. The van der Waals surface area contributed by atoms with Gasteiger partial charge in [-0.3, -0.25) is 14.8 Å². The van der Waals surface area contributed by atoms with Gasteiger partial charge in [0.15, 0.2) is 5.75 Å². The molecule has 0 saturated carbocycles. The molecule has 0 amide bonds. The van der Waals surface area contributed by atoms with Gasteiger partial charge in [0.2, 0.25) is 5.43 Å². The molecular weight excluding hydrogens is 284 g/mol. The summed E-state index contributed by atoms with van der Waals surface area (Å²) in [5, 5.41) is 10.0. The lowest BCUT2D eigenvalue weighted by atomic mass is 10.1. The normalized spacial score (nSPS) is 13.4. The first-order valence-electron chi connectivity index (χ1n) is 6.52. The Morgan fingerprint density at radius 1 is 1.48 bits per heavy atom. The Bertz CT molecular complexity index is 803. The van der Waals surface area contributed by atoms with Gasteiger partial charge in [0.25, 0.3) is 0 Å². The van der Waals surface area contributed by atoms with Crippen molar-refractivity contribution in [3.05, 3.63) is 51.3 Å². The maximum atomic E-state index is 11.9. The zero-order valence-electron chi connectivity index (χ0n) is 12.0. The van der Waals surface area contributed by atoms with Crippen LogP contribution in [0.1, 0.15) is 11.8 Å². The van der Waals surface area contributed by atoms with Gasteiger partial charge in [-0.1, -0.05) is 18.7 Å². The summed E-state index contributed by atoms with van der Waals surface area (Å²) in [4.78, 5) is 21.6. The molecular formula is C16H16N2O2S. The Morgan fingerprint density at radius 2 is 2.24 bits per heavy atom. The molecule has 1 N–H and O–H groups in total. The Labute approximate surface area is 126 Å². The second-order valence-electron chi connectivity index (χ2n) is 4.27. The number of allylic oxidation sites excluding steroid dienone is 3. The Balaban J connectivity index is 2.42. The van der Waals surface area contributed by atoms with E-state index in [1.807, 2.05) is 25.1 Å². The second-order valence-corrected chi connectivity index (χ2v) is 5.36. The topological polar surface area (TPSA) is 62.0 Å². The van der Waals surface area contributed by atoms with Gasteiger partial charge in [0.1, 0.15) is 5.36 Å². The van der Waals surface area contributed by atoms with Crippen molar-refractivity contribution in [2.24, 2.45) is 9.98 Å². The number of aliphatic imine (C=N–C) groups is 1. The highest BCUT2D eigenvalue weighted by molar-refractivity contribution is 7.16. The molecule has 0 atom stereocenters. The molecule has 1 heterocycles. The van der Waals surface area contributed by atoms with E-state index in [0.29, 0.717) is 12.1 Å². The van der Waals surface area contributed by atoms with Crippen LogP contribution >= 0.6 is 11.3 Å². The van der Waals surface area contributed by atoms with Gasteiger partial charge in [-0.2, -0.15) is 0 Å². The second kappa shape index (κ2) is 6.45. The number of hydrogen-bond donors (Lipinski definition) is 1. The molecule has 0 unspecified atom stereocenters. The lowest BCUT2D eigenvalue weighted by molar-refractivity contribution is 0.463. The fourth-order valence-electron chi connectivity index (χ4n) is 1.96. The van der Waals surface area contributed by atoms with Crippen molar-refractivity contribution in [2.45, 2.75) is 6.92 Å². The SMILES string of the molecule is C=C/C=C(\C=N/CC)c1ccc(-c2c(O)/c(=N/C)c2=O)s1. The molecule has 0 aliphatic rings. The Morgan fingerprint density at radius 3 is 2.81 bits per heavy atom. The van der Waals surface area contributed by atoms with Gasteiger partial charge in [0.05, 0.1) is 5.56 Å². The molecule has 4 nitrogen and oxygen atoms in total. The average Bonchev–Trinajstić information content (AvgIpc) is 2.93. The summed E-state index contributed by atoms with van der Waals surface area (Å²) in [6.07, 6.45) is 5.35. The zero-order valence-corrected chi connectivity index (χ0v) is 12.8. The van der Waals surface area contributed by atoms with Crippen LogP contribution in [-0.2, 0) is 0 Å². The van der Waals surface area contributed by atoms with E-state index in [2.05, 4.69) is 16.6 Å². The summed E-state index contributed by atoms with van der Waals surface area (Å²) in [5.41, 5.74) is 1.07. The van der Waals surface area contributed by atoms with Gasteiger partial charge < -0.3 is 5.11 Å². The van der Waals surface area contributed by atoms with Crippen molar-refractivity contribution in [2.75, 3.05) is 13.6 Å². The predicted molar refractivity (Wildman–Crippen MR) is 88.8 cm³/mol. The third kappa shape index (κ3) is 2.78. The van der Waals surface area contributed by atoms with Crippen LogP contribution in [0.25, 0.3) is 16.0 Å². The minimum atomic E-state index is -0.208. The van der Waals surface area contributed by atoms with E-state index in [-0.39, 0.29) is 16.5 Å². The van der Waals surface area contributed by atoms with Crippen molar-refractivity contribution >= 4 is 23.1 Å². The van der Waals surface area contributed by atoms with Crippen LogP contribution in [0.5, 0.6) is 5.75 Å². The highest BCUT2D eigenvalue weighted by atomic mass is 32.1. The van der Waals surface area contributed by atoms with Crippen LogP contribution in [0.15, 0.2) is 45.6 Å². The molecule has 0 spiro atoms. The molecule has 1 aromatic heterocycles. The molecule has 0 saturated heterocycles. The number of thiophene rings is 1. The first-order chi connectivity index (χ1) is 10.1. The van der Waals surface area contributed by atoms with Gasteiger partial charge in [-0.15, -0.1) is 11.3 Å². The van der Waals surface area contributed by atoms with Crippen LogP contribution in [0.4, 0.5) is 0 Å². The number of hydrogen-bond acceptors (Lipinski definition) is 5. The van der Waals surface area contributed by atoms with E-state index in [1.165, 1.54) is 18.4 Å². The predicted octanol–water partition coefficient (Wildman–Crippen LogP) is 2.55. The van der Waals surface area contributed by atoms with E-state index in [0.717, 1.165) is 15.3 Å². The van der Waals surface area contributed by atoms with Crippen LogP contribution < -0.4 is 10.8 Å². The fourth-order valence-corrected chi connectivity index (χ4v) is 3.00. The smallest absolute Gasteiger partial charge is 0.219 e. The lowest BCUT2D eigenvalue weighted by Crippen LogP contribution is -2.32. The third-order valence-corrected chi connectivity index (χ3v) is 4.13. The Hall–Kier alpha value is -2.27. The maximum Gasteiger partial charge on any atom is 0.219 e.